The molecule has 26 heavy (non-hydrogen) atoms. The molecule has 0 aliphatic rings. The number of rotatable bonds is 6. The monoisotopic (exact) mass is 366 g/mol. The van der Waals surface area contributed by atoms with E-state index in [1.807, 2.05) is 67.1 Å². The summed E-state index contributed by atoms with van der Waals surface area (Å²) in [6.07, 6.45) is 0.371. The zero-order valence-corrected chi connectivity index (χ0v) is 15.8. The van der Waals surface area contributed by atoms with Crippen LogP contribution < -0.4 is 0 Å². The summed E-state index contributed by atoms with van der Waals surface area (Å²) in [5.74, 6) is 0.837. The van der Waals surface area contributed by atoms with Crippen molar-refractivity contribution in [3.63, 3.8) is 0 Å². The van der Waals surface area contributed by atoms with Gasteiger partial charge in [0.2, 0.25) is 5.91 Å². The van der Waals surface area contributed by atoms with Gasteiger partial charge in [0, 0.05) is 32.1 Å². The van der Waals surface area contributed by atoms with E-state index >= 15 is 0 Å². The number of aryl methyl sites for hydroxylation is 1. The topological polar surface area (TPSA) is 53.9 Å². The highest BCUT2D eigenvalue weighted by Gasteiger charge is 2.13. The number of carbonyl (C=O) groups is 1. The summed E-state index contributed by atoms with van der Waals surface area (Å²) in [7, 11) is 1.82. The van der Waals surface area contributed by atoms with Crippen LogP contribution in [-0.2, 0) is 17.9 Å². The lowest BCUT2D eigenvalue weighted by molar-refractivity contribution is -0.130. The first kappa shape index (κ1) is 18.1. The standard InChI is InChI=1S/C20H22N4OS/c1-15-7-6-10-17(13-15)19-21-22-20(26)24(19)12-11-18(25)23(2)14-16-8-4-3-5-9-16/h3-10,13H,11-12,14H2,1-2H3,(H,22,26). The summed E-state index contributed by atoms with van der Waals surface area (Å²) in [6.45, 7) is 3.13. The fraction of sp³-hybridized carbons (Fsp3) is 0.250. The summed E-state index contributed by atoms with van der Waals surface area (Å²) in [6, 6.07) is 18.1. The van der Waals surface area contributed by atoms with Crippen molar-refractivity contribution in [3.8, 4) is 11.4 Å². The van der Waals surface area contributed by atoms with Gasteiger partial charge in [0.1, 0.15) is 0 Å². The highest BCUT2D eigenvalue weighted by atomic mass is 32.1. The maximum Gasteiger partial charge on any atom is 0.224 e. The van der Waals surface area contributed by atoms with Gasteiger partial charge in [-0.3, -0.25) is 14.5 Å². The van der Waals surface area contributed by atoms with Crippen molar-refractivity contribution in [3.05, 3.63) is 70.5 Å². The molecule has 134 valence electrons. The quantitative estimate of drug-likeness (QED) is 0.672. The fourth-order valence-electron chi connectivity index (χ4n) is 2.87. The lowest BCUT2D eigenvalue weighted by atomic mass is 10.1. The number of nitrogens with one attached hydrogen (secondary N) is 1. The van der Waals surface area contributed by atoms with Gasteiger partial charge in [-0.2, -0.15) is 5.10 Å². The number of aromatic nitrogens is 3. The second-order valence-electron chi connectivity index (χ2n) is 6.36. The van der Waals surface area contributed by atoms with Crippen molar-refractivity contribution in [2.45, 2.75) is 26.4 Å². The van der Waals surface area contributed by atoms with Gasteiger partial charge >= 0.3 is 0 Å². The van der Waals surface area contributed by atoms with E-state index in [9.17, 15) is 4.79 Å². The van der Waals surface area contributed by atoms with Crippen LogP contribution in [0, 0.1) is 11.7 Å². The highest BCUT2D eigenvalue weighted by Crippen LogP contribution is 2.19. The van der Waals surface area contributed by atoms with Crippen LogP contribution in [0.5, 0.6) is 0 Å². The van der Waals surface area contributed by atoms with Crippen molar-refractivity contribution in [1.82, 2.24) is 19.7 Å². The Bertz CT molecular complexity index is 946. The van der Waals surface area contributed by atoms with E-state index in [1.165, 1.54) is 0 Å². The van der Waals surface area contributed by atoms with Crippen LogP contribution in [0.25, 0.3) is 11.4 Å². The van der Waals surface area contributed by atoms with Gasteiger partial charge < -0.3 is 4.90 Å². The Morgan fingerprint density at radius 2 is 1.96 bits per heavy atom. The van der Waals surface area contributed by atoms with Gasteiger partial charge in [0.05, 0.1) is 0 Å². The van der Waals surface area contributed by atoms with Crippen LogP contribution in [0.1, 0.15) is 17.5 Å². The Morgan fingerprint density at radius 3 is 2.69 bits per heavy atom. The van der Waals surface area contributed by atoms with Crippen LogP contribution in [0.3, 0.4) is 0 Å². The summed E-state index contributed by atoms with van der Waals surface area (Å²) in [5, 5.41) is 7.18. The van der Waals surface area contributed by atoms with Crippen molar-refractivity contribution < 1.29 is 4.79 Å². The average Bonchev–Trinajstić information content (AvgIpc) is 3.01. The summed E-state index contributed by atoms with van der Waals surface area (Å²) < 4.78 is 2.42. The third-order valence-corrected chi connectivity index (χ3v) is 4.58. The van der Waals surface area contributed by atoms with E-state index in [0.29, 0.717) is 24.3 Å². The normalized spacial score (nSPS) is 10.7. The maximum atomic E-state index is 12.5. The molecule has 1 aromatic heterocycles. The molecule has 0 bridgehead atoms. The van der Waals surface area contributed by atoms with Gasteiger partial charge in [0.15, 0.2) is 10.6 Å². The van der Waals surface area contributed by atoms with Gasteiger partial charge in [-0.15, -0.1) is 0 Å². The third kappa shape index (κ3) is 4.26. The first-order chi connectivity index (χ1) is 12.5. The van der Waals surface area contributed by atoms with Crippen LogP contribution in [0.4, 0.5) is 0 Å². The zero-order valence-electron chi connectivity index (χ0n) is 15.0. The molecule has 3 rings (SSSR count). The van der Waals surface area contributed by atoms with Gasteiger partial charge in [0.25, 0.3) is 0 Å². The van der Waals surface area contributed by atoms with E-state index in [0.717, 1.165) is 22.5 Å². The van der Waals surface area contributed by atoms with Gasteiger partial charge in [-0.05, 0) is 30.8 Å². The SMILES string of the molecule is Cc1cccc(-c2n[nH]c(=S)n2CCC(=O)N(C)Cc2ccccc2)c1. The smallest absolute Gasteiger partial charge is 0.224 e. The summed E-state index contributed by atoms with van der Waals surface area (Å²) in [5.41, 5.74) is 3.26. The lowest BCUT2D eigenvalue weighted by Crippen LogP contribution is -2.27. The van der Waals surface area contributed by atoms with E-state index in [1.54, 1.807) is 4.90 Å². The fourth-order valence-corrected chi connectivity index (χ4v) is 3.10. The number of benzene rings is 2. The van der Waals surface area contributed by atoms with Gasteiger partial charge in [-0.25, -0.2) is 0 Å². The highest BCUT2D eigenvalue weighted by molar-refractivity contribution is 7.71. The van der Waals surface area contributed by atoms with E-state index < -0.39 is 0 Å². The van der Waals surface area contributed by atoms with Crippen LogP contribution in [0.2, 0.25) is 0 Å². The van der Waals surface area contributed by atoms with Gasteiger partial charge in [-0.1, -0.05) is 54.1 Å². The predicted octanol–water partition coefficient (Wildman–Crippen LogP) is 3.96. The maximum absolute atomic E-state index is 12.5. The molecule has 3 aromatic rings. The molecular weight excluding hydrogens is 344 g/mol. The summed E-state index contributed by atoms with van der Waals surface area (Å²) in [4.78, 5) is 14.2. The molecule has 1 amide bonds. The van der Waals surface area contributed by atoms with Crippen LogP contribution in [-0.4, -0.2) is 32.6 Å². The van der Waals surface area contributed by atoms with Crippen molar-refractivity contribution in [2.24, 2.45) is 0 Å². The minimum atomic E-state index is 0.0761. The lowest BCUT2D eigenvalue weighted by Gasteiger charge is -2.17. The molecule has 0 radical (unpaired) electrons. The molecule has 0 saturated heterocycles. The second kappa shape index (κ2) is 8.10. The molecule has 2 aromatic carbocycles. The second-order valence-corrected chi connectivity index (χ2v) is 6.75. The number of amides is 1. The van der Waals surface area contributed by atoms with E-state index in [4.69, 9.17) is 12.2 Å². The molecule has 5 nitrogen and oxygen atoms in total. The molecule has 0 spiro atoms. The molecule has 0 aliphatic carbocycles. The van der Waals surface area contributed by atoms with Crippen molar-refractivity contribution in [1.29, 1.82) is 0 Å². The molecule has 0 saturated carbocycles. The zero-order chi connectivity index (χ0) is 18.5. The first-order valence-electron chi connectivity index (χ1n) is 8.55. The Balaban J connectivity index is 1.69. The van der Waals surface area contributed by atoms with Crippen LogP contribution >= 0.6 is 12.2 Å². The minimum absolute atomic E-state index is 0.0761. The molecule has 0 fully saturated rings. The first-order valence-corrected chi connectivity index (χ1v) is 8.95. The van der Waals surface area contributed by atoms with E-state index in [-0.39, 0.29) is 5.91 Å². The molecule has 0 unspecified atom stereocenters. The number of aromatic amines is 1. The molecular formula is C20H22N4OS. The Morgan fingerprint density at radius 1 is 1.19 bits per heavy atom. The average molecular weight is 366 g/mol. The number of nitrogens with zero attached hydrogens (tertiary/aromatic N) is 3. The molecule has 1 heterocycles. The molecule has 0 atom stereocenters. The minimum Gasteiger partial charge on any atom is -0.341 e. The predicted molar refractivity (Wildman–Crippen MR) is 105 cm³/mol. The number of carbonyl (C=O) groups excluding carboxylic acids is 1. The number of H-pyrrole nitrogens is 1. The van der Waals surface area contributed by atoms with Crippen molar-refractivity contribution >= 4 is 18.1 Å². The molecule has 6 heteroatoms. The third-order valence-electron chi connectivity index (χ3n) is 4.27. The molecule has 0 aliphatic heterocycles. The molecule has 1 N–H and O–H groups in total. The Kier molecular flexibility index (Phi) is 5.63. The number of hydrogen-bond acceptors (Lipinski definition) is 3. The van der Waals surface area contributed by atoms with E-state index in [2.05, 4.69) is 16.3 Å². The van der Waals surface area contributed by atoms with Crippen LogP contribution in [0.15, 0.2) is 54.6 Å². The Labute approximate surface area is 158 Å². The largest absolute Gasteiger partial charge is 0.341 e. The number of hydrogen-bond donors (Lipinski definition) is 1. The Hall–Kier alpha value is -2.73. The van der Waals surface area contributed by atoms with Crippen molar-refractivity contribution in [2.75, 3.05) is 7.05 Å². The summed E-state index contributed by atoms with van der Waals surface area (Å²) >= 11 is 5.35.